The van der Waals surface area contributed by atoms with Crippen LogP contribution in [0.2, 0.25) is 0 Å². The number of ether oxygens (including phenoxy) is 5. The van der Waals surface area contributed by atoms with Crippen molar-refractivity contribution >= 4 is 57.1 Å². The molecule has 6 aromatic rings. The SMILES string of the molecule is CCOC(=O)Cc1c(-c2sc(-c3sc(-c4sc(-c5c(OC)cccc5OC(C)C)c(C)c4CC(C)=O)c(C)c3C)c(C)c2C)sc(-c2c(OC)cccc2OC(C)C)c1C. The molecule has 0 aliphatic heterocycles. The first kappa shape index (κ1) is 45.1. The summed E-state index contributed by atoms with van der Waals surface area (Å²) in [7, 11) is 3.37. The van der Waals surface area contributed by atoms with Crippen molar-refractivity contribution in [2.45, 2.75) is 108 Å². The Morgan fingerprint density at radius 1 is 0.517 bits per heavy atom. The zero-order valence-electron chi connectivity index (χ0n) is 37.2. The van der Waals surface area contributed by atoms with Gasteiger partial charge in [0.2, 0.25) is 0 Å². The van der Waals surface area contributed by atoms with Crippen LogP contribution in [0.15, 0.2) is 36.4 Å². The predicted octanol–water partition coefficient (Wildman–Crippen LogP) is 13.9. The molecule has 4 aromatic heterocycles. The van der Waals surface area contributed by atoms with Gasteiger partial charge in [-0.3, -0.25) is 9.59 Å². The Morgan fingerprint density at radius 3 is 1.22 bits per heavy atom. The van der Waals surface area contributed by atoms with Crippen LogP contribution in [-0.2, 0) is 27.2 Å². The van der Waals surface area contributed by atoms with E-state index in [1.807, 2.05) is 71.0 Å². The van der Waals surface area contributed by atoms with Crippen LogP contribution in [0, 0.1) is 41.5 Å². The molecule has 0 saturated heterocycles. The first-order valence-corrected chi connectivity index (χ1v) is 23.6. The van der Waals surface area contributed by atoms with E-state index in [1.165, 1.54) is 32.0 Å². The highest BCUT2D eigenvalue weighted by Crippen LogP contribution is 2.56. The quantitative estimate of drug-likeness (QED) is 0.0896. The summed E-state index contributed by atoms with van der Waals surface area (Å²) in [5.41, 5.74) is 10.7. The van der Waals surface area contributed by atoms with E-state index in [-0.39, 0.29) is 30.4 Å². The summed E-state index contributed by atoms with van der Waals surface area (Å²) in [6, 6.07) is 11.8. The van der Waals surface area contributed by atoms with E-state index in [2.05, 4.69) is 41.5 Å². The van der Waals surface area contributed by atoms with Gasteiger partial charge in [-0.15, -0.1) is 45.3 Å². The molecule has 0 unspecified atom stereocenters. The summed E-state index contributed by atoms with van der Waals surface area (Å²) in [4.78, 5) is 35.1. The summed E-state index contributed by atoms with van der Waals surface area (Å²) in [5, 5.41) is 0. The average Bonchev–Trinajstić information content (AvgIpc) is 3.87. The summed E-state index contributed by atoms with van der Waals surface area (Å²) >= 11 is 6.95. The minimum Gasteiger partial charge on any atom is -0.496 e. The molecule has 0 amide bonds. The van der Waals surface area contributed by atoms with Gasteiger partial charge in [-0.05, 0) is 152 Å². The molecule has 4 heterocycles. The maximum absolute atomic E-state index is 13.2. The summed E-state index contributed by atoms with van der Waals surface area (Å²) in [6.45, 7) is 24.9. The molecule has 0 radical (unpaired) electrons. The van der Waals surface area contributed by atoms with Gasteiger partial charge in [0.25, 0.3) is 0 Å². The van der Waals surface area contributed by atoms with Gasteiger partial charge in [0.05, 0.1) is 50.6 Å². The van der Waals surface area contributed by atoms with Gasteiger partial charge in [0.1, 0.15) is 28.8 Å². The Morgan fingerprint density at radius 2 is 0.867 bits per heavy atom. The van der Waals surface area contributed by atoms with Crippen LogP contribution >= 0.6 is 45.3 Å². The second-order valence-electron chi connectivity index (χ2n) is 15.6. The number of Topliss-reactive ketones (excluding diaryl/α,β-unsaturated/α-hetero) is 1. The zero-order chi connectivity index (χ0) is 43.7. The van der Waals surface area contributed by atoms with Crippen molar-refractivity contribution in [2.24, 2.45) is 0 Å². The van der Waals surface area contributed by atoms with Crippen molar-refractivity contribution in [1.82, 2.24) is 0 Å². The molecule has 0 N–H and O–H groups in total. The van der Waals surface area contributed by atoms with E-state index >= 15 is 0 Å². The van der Waals surface area contributed by atoms with Gasteiger partial charge in [0.15, 0.2) is 0 Å². The third kappa shape index (κ3) is 8.69. The molecule has 318 valence electrons. The summed E-state index contributed by atoms with van der Waals surface area (Å²) < 4.78 is 30.0. The lowest BCUT2D eigenvalue weighted by molar-refractivity contribution is -0.142. The fourth-order valence-electron chi connectivity index (χ4n) is 7.54. The van der Waals surface area contributed by atoms with Gasteiger partial charge >= 0.3 is 5.97 Å². The maximum Gasteiger partial charge on any atom is 0.310 e. The Labute approximate surface area is 371 Å². The molecule has 60 heavy (non-hydrogen) atoms. The summed E-state index contributed by atoms with van der Waals surface area (Å²) in [6.07, 6.45) is 0.424. The number of rotatable bonds is 16. The molecular formula is C49H56O7S4. The lowest BCUT2D eigenvalue weighted by Crippen LogP contribution is -2.08. The van der Waals surface area contributed by atoms with Gasteiger partial charge < -0.3 is 23.7 Å². The van der Waals surface area contributed by atoms with E-state index in [4.69, 9.17) is 23.7 Å². The number of hydrogen-bond acceptors (Lipinski definition) is 11. The molecule has 6 rings (SSSR count). The second-order valence-corrected chi connectivity index (χ2v) is 19.7. The van der Waals surface area contributed by atoms with Gasteiger partial charge in [-0.1, -0.05) is 12.1 Å². The second kappa shape index (κ2) is 18.7. The van der Waals surface area contributed by atoms with Crippen LogP contribution < -0.4 is 18.9 Å². The lowest BCUT2D eigenvalue weighted by Gasteiger charge is -2.17. The summed E-state index contributed by atoms with van der Waals surface area (Å²) in [5.74, 6) is 2.81. The first-order chi connectivity index (χ1) is 28.5. The van der Waals surface area contributed by atoms with E-state index in [0.717, 1.165) is 79.9 Å². The Balaban J connectivity index is 1.55. The molecule has 0 fully saturated rings. The minimum atomic E-state index is -0.256. The normalized spacial score (nSPS) is 11.5. The van der Waals surface area contributed by atoms with Gasteiger partial charge in [-0.25, -0.2) is 0 Å². The van der Waals surface area contributed by atoms with E-state index in [1.54, 1.807) is 66.5 Å². The van der Waals surface area contributed by atoms with Crippen molar-refractivity contribution in [3.05, 3.63) is 80.9 Å². The highest BCUT2D eigenvalue weighted by atomic mass is 32.1. The number of carbonyl (C=O) groups is 2. The number of ketones is 1. The average molecular weight is 885 g/mol. The topological polar surface area (TPSA) is 80.3 Å². The number of methoxy groups -OCH3 is 2. The standard InChI is InChI=1S/C49H56O7S4/c1-15-54-39(51)23-34-32(12)43(41-36(53-14)19-17-21-38(41)56-25(4)5)58-49(34)47-30(10)28(8)45(60-47)44-27(7)29(9)46(59-44)48-33(22-26(6)50)31(11)42(57-48)40-35(52-13)18-16-20-37(40)55-24(2)3/h16-21,24-25H,15,22-23H2,1-14H3. The molecule has 11 heteroatoms. The van der Waals surface area contributed by atoms with Crippen molar-refractivity contribution in [3.63, 3.8) is 0 Å². The van der Waals surface area contributed by atoms with Crippen molar-refractivity contribution in [1.29, 1.82) is 0 Å². The monoisotopic (exact) mass is 884 g/mol. The van der Waals surface area contributed by atoms with Crippen molar-refractivity contribution in [3.8, 4) is 73.1 Å². The molecule has 2 aromatic carbocycles. The highest BCUT2D eigenvalue weighted by Gasteiger charge is 2.30. The first-order valence-electron chi connectivity index (χ1n) is 20.3. The molecular weight excluding hydrogens is 829 g/mol. The Bertz CT molecular complexity index is 2560. The third-order valence-electron chi connectivity index (χ3n) is 10.7. The van der Waals surface area contributed by atoms with Crippen LogP contribution in [0.3, 0.4) is 0 Å². The smallest absolute Gasteiger partial charge is 0.310 e. The van der Waals surface area contributed by atoms with Crippen LogP contribution in [0.5, 0.6) is 23.0 Å². The zero-order valence-corrected chi connectivity index (χ0v) is 40.5. The van der Waals surface area contributed by atoms with E-state index in [9.17, 15) is 9.59 Å². The minimum absolute atomic E-state index is 0.0251. The number of thiophene rings is 4. The van der Waals surface area contributed by atoms with Crippen LogP contribution in [-0.4, -0.2) is 44.8 Å². The lowest BCUT2D eigenvalue weighted by atomic mass is 9.98. The van der Waals surface area contributed by atoms with E-state index < -0.39 is 0 Å². The largest absolute Gasteiger partial charge is 0.496 e. The van der Waals surface area contributed by atoms with Crippen LogP contribution in [0.4, 0.5) is 0 Å². The Kier molecular flexibility index (Phi) is 14.0. The number of benzene rings is 2. The number of esters is 1. The van der Waals surface area contributed by atoms with Gasteiger partial charge in [0, 0.05) is 45.4 Å². The number of carbonyl (C=O) groups excluding carboxylic acids is 2. The fourth-order valence-corrected chi connectivity index (χ4v) is 13.6. The molecule has 0 aliphatic rings. The molecule has 0 bridgehead atoms. The van der Waals surface area contributed by atoms with Crippen molar-refractivity contribution in [2.75, 3.05) is 20.8 Å². The predicted molar refractivity (Wildman–Crippen MR) is 253 cm³/mol. The fraction of sp³-hybridized carbons (Fsp3) is 0.388. The maximum atomic E-state index is 13.2. The number of hydrogen-bond donors (Lipinski definition) is 0. The van der Waals surface area contributed by atoms with Crippen molar-refractivity contribution < 1.29 is 33.3 Å². The van der Waals surface area contributed by atoms with E-state index in [0.29, 0.717) is 18.8 Å². The van der Waals surface area contributed by atoms with Crippen LogP contribution in [0.25, 0.3) is 50.1 Å². The molecule has 0 atom stereocenters. The van der Waals surface area contributed by atoms with Crippen LogP contribution in [0.1, 0.15) is 86.1 Å². The molecule has 0 spiro atoms. The Hall–Kier alpha value is -4.42. The highest BCUT2D eigenvalue weighted by molar-refractivity contribution is 7.30. The molecule has 7 nitrogen and oxygen atoms in total. The third-order valence-corrected chi connectivity index (χ3v) is 16.7. The molecule has 0 saturated carbocycles. The molecule has 0 aliphatic carbocycles. The van der Waals surface area contributed by atoms with Gasteiger partial charge in [-0.2, -0.15) is 0 Å².